The molecule has 1 N–H and O–H groups in total. The Kier molecular flexibility index (Phi) is 3.70. The quantitative estimate of drug-likeness (QED) is 0.875. The van der Waals surface area contributed by atoms with Crippen LogP contribution in [0.3, 0.4) is 0 Å². The molecule has 0 aromatic carbocycles. The van der Waals surface area contributed by atoms with Crippen LogP contribution in [0.5, 0.6) is 0 Å². The first-order valence-corrected chi connectivity index (χ1v) is 5.77. The van der Waals surface area contributed by atoms with Crippen LogP contribution in [0.4, 0.5) is 5.69 Å². The van der Waals surface area contributed by atoms with Crippen LogP contribution in [0.2, 0.25) is 5.15 Å². The third-order valence-electron chi connectivity index (χ3n) is 1.86. The van der Waals surface area contributed by atoms with Crippen molar-refractivity contribution in [2.24, 2.45) is 0 Å². The van der Waals surface area contributed by atoms with E-state index >= 15 is 0 Å². The maximum atomic E-state index is 11.6. The molecule has 0 saturated heterocycles. The van der Waals surface area contributed by atoms with Crippen LogP contribution >= 0.6 is 27.5 Å². The van der Waals surface area contributed by atoms with Gasteiger partial charge in [-0.2, -0.15) is 0 Å². The Morgan fingerprint density at radius 3 is 3.12 bits per heavy atom. The second-order valence-corrected chi connectivity index (χ2v) is 4.41. The lowest BCUT2D eigenvalue weighted by Gasteiger charge is -2.06. The number of anilines is 1. The number of carbonyl (C=O) groups excluding carboxylic acids is 1. The number of carbonyl (C=O) groups is 1. The van der Waals surface area contributed by atoms with Crippen LogP contribution in [-0.2, 0) is 11.3 Å². The molecule has 0 radical (unpaired) electrons. The zero-order valence-electron chi connectivity index (χ0n) is 8.47. The van der Waals surface area contributed by atoms with E-state index in [2.05, 4.69) is 36.5 Å². The fourth-order valence-corrected chi connectivity index (χ4v) is 1.65. The van der Waals surface area contributed by atoms with E-state index in [4.69, 9.17) is 11.6 Å². The Morgan fingerprint density at radius 1 is 1.59 bits per heavy atom. The van der Waals surface area contributed by atoms with Gasteiger partial charge in [-0.05, 0) is 22.0 Å². The minimum atomic E-state index is -0.252. The molecule has 2 aromatic rings. The molecule has 0 unspecified atom stereocenters. The summed E-state index contributed by atoms with van der Waals surface area (Å²) in [5.41, 5.74) is 0.450. The monoisotopic (exact) mass is 315 g/mol. The molecule has 2 rings (SSSR count). The van der Waals surface area contributed by atoms with Gasteiger partial charge in [-0.3, -0.25) is 4.79 Å². The highest BCUT2D eigenvalue weighted by Crippen LogP contribution is 2.22. The van der Waals surface area contributed by atoms with Crippen LogP contribution in [0.25, 0.3) is 0 Å². The number of nitrogens with one attached hydrogen (secondary N) is 1. The molecule has 0 aliphatic rings. The van der Waals surface area contributed by atoms with Crippen molar-refractivity contribution in [1.29, 1.82) is 0 Å². The summed E-state index contributed by atoms with van der Waals surface area (Å²) < 4.78 is 2.15. The molecule has 2 heterocycles. The first-order valence-electron chi connectivity index (χ1n) is 4.60. The number of aromatic nitrogens is 4. The maximum absolute atomic E-state index is 11.6. The summed E-state index contributed by atoms with van der Waals surface area (Å²) in [6.07, 6.45) is 4.65. The average molecular weight is 317 g/mol. The number of rotatable bonds is 3. The van der Waals surface area contributed by atoms with Crippen LogP contribution < -0.4 is 5.32 Å². The number of hydrogen-bond acceptors (Lipinski definition) is 4. The van der Waals surface area contributed by atoms with Gasteiger partial charge in [0.2, 0.25) is 5.91 Å². The Labute approximate surface area is 110 Å². The second-order valence-electron chi connectivity index (χ2n) is 3.14. The molecule has 0 saturated carbocycles. The van der Waals surface area contributed by atoms with Crippen LogP contribution in [-0.4, -0.2) is 25.9 Å². The molecular weight excluding hydrogens is 309 g/mol. The van der Waals surface area contributed by atoms with E-state index in [1.54, 1.807) is 18.5 Å². The molecule has 2 aromatic heterocycles. The lowest BCUT2D eigenvalue weighted by Crippen LogP contribution is -2.19. The smallest absolute Gasteiger partial charge is 0.246 e. The standard InChI is InChI=1S/C9H7BrClN5O/c10-6-3-7(9(11)12-4-6)14-8(17)5-16-2-1-13-15-16/h1-4H,5H2,(H,14,17). The normalized spacial score (nSPS) is 10.2. The molecule has 0 fully saturated rings. The highest BCUT2D eigenvalue weighted by Gasteiger charge is 2.08. The van der Waals surface area contributed by atoms with E-state index in [0.29, 0.717) is 5.69 Å². The van der Waals surface area contributed by atoms with Gasteiger partial charge in [-0.25, -0.2) is 9.67 Å². The Morgan fingerprint density at radius 2 is 2.41 bits per heavy atom. The molecule has 0 aliphatic carbocycles. The third kappa shape index (κ3) is 3.24. The molecule has 8 heteroatoms. The number of halogens is 2. The highest BCUT2D eigenvalue weighted by atomic mass is 79.9. The average Bonchev–Trinajstić information content (AvgIpc) is 2.76. The fraction of sp³-hybridized carbons (Fsp3) is 0.111. The second kappa shape index (κ2) is 5.24. The predicted molar refractivity (Wildman–Crippen MR) is 65.6 cm³/mol. The molecule has 17 heavy (non-hydrogen) atoms. The van der Waals surface area contributed by atoms with Crippen molar-refractivity contribution in [2.45, 2.75) is 6.54 Å². The Balaban J connectivity index is 2.05. The number of hydrogen-bond donors (Lipinski definition) is 1. The number of amides is 1. The summed E-state index contributed by atoms with van der Waals surface area (Å²) in [6.45, 7) is 0.0723. The van der Waals surface area contributed by atoms with E-state index < -0.39 is 0 Å². The van der Waals surface area contributed by atoms with Gasteiger partial charge in [0, 0.05) is 16.9 Å². The van der Waals surface area contributed by atoms with E-state index in [9.17, 15) is 4.79 Å². The zero-order valence-corrected chi connectivity index (χ0v) is 10.8. The van der Waals surface area contributed by atoms with Crippen LogP contribution in [0.15, 0.2) is 29.1 Å². The fourth-order valence-electron chi connectivity index (χ4n) is 1.16. The van der Waals surface area contributed by atoms with Crippen molar-refractivity contribution in [2.75, 3.05) is 5.32 Å². The van der Waals surface area contributed by atoms with Crippen molar-refractivity contribution < 1.29 is 4.79 Å². The van der Waals surface area contributed by atoms with Gasteiger partial charge in [0.1, 0.15) is 6.54 Å². The number of pyridine rings is 1. The van der Waals surface area contributed by atoms with Crippen LogP contribution in [0.1, 0.15) is 0 Å². The third-order valence-corrected chi connectivity index (χ3v) is 2.59. The van der Waals surface area contributed by atoms with Gasteiger partial charge in [0.15, 0.2) is 5.15 Å². The van der Waals surface area contributed by atoms with Gasteiger partial charge in [-0.1, -0.05) is 16.8 Å². The van der Waals surface area contributed by atoms with Gasteiger partial charge < -0.3 is 5.32 Å². The van der Waals surface area contributed by atoms with Gasteiger partial charge >= 0.3 is 0 Å². The minimum Gasteiger partial charge on any atom is -0.322 e. The molecule has 0 bridgehead atoms. The van der Waals surface area contributed by atoms with E-state index in [1.807, 2.05) is 0 Å². The lowest BCUT2D eigenvalue weighted by atomic mass is 10.4. The topological polar surface area (TPSA) is 72.7 Å². The highest BCUT2D eigenvalue weighted by molar-refractivity contribution is 9.10. The first kappa shape index (κ1) is 12.0. The van der Waals surface area contributed by atoms with Crippen molar-refractivity contribution in [1.82, 2.24) is 20.0 Å². The lowest BCUT2D eigenvalue weighted by molar-refractivity contribution is -0.116. The summed E-state index contributed by atoms with van der Waals surface area (Å²) in [4.78, 5) is 15.5. The summed E-state index contributed by atoms with van der Waals surface area (Å²) in [5.74, 6) is -0.252. The molecule has 6 nitrogen and oxygen atoms in total. The van der Waals surface area contributed by atoms with Gasteiger partial charge in [-0.15, -0.1) is 5.10 Å². The molecule has 0 aliphatic heterocycles. The molecule has 0 spiro atoms. The minimum absolute atomic E-state index is 0.0723. The maximum Gasteiger partial charge on any atom is 0.246 e. The summed E-state index contributed by atoms with van der Waals surface area (Å²) in [5, 5.41) is 10.2. The van der Waals surface area contributed by atoms with Crippen molar-refractivity contribution in [3.63, 3.8) is 0 Å². The van der Waals surface area contributed by atoms with Crippen molar-refractivity contribution in [3.8, 4) is 0 Å². The molecular formula is C9H7BrClN5O. The van der Waals surface area contributed by atoms with Crippen LogP contribution in [0, 0.1) is 0 Å². The molecule has 88 valence electrons. The zero-order chi connectivity index (χ0) is 12.3. The van der Waals surface area contributed by atoms with E-state index in [0.717, 1.165) is 4.47 Å². The largest absolute Gasteiger partial charge is 0.322 e. The van der Waals surface area contributed by atoms with Gasteiger partial charge in [0.05, 0.1) is 11.9 Å². The predicted octanol–water partition coefficient (Wildman–Crippen LogP) is 1.73. The van der Waals surface area contributed by atoms with E-state index in [-0.39, 0.29) is 17.6 Å². The summed E-state index contributed by atoms with van der Waals surface area (Å²) >= 11 is 9.09. The summed E-state index contributed by atoms with van der Waals surface area (Å²) in [7, 11) is 0. The Bertz CT molecular complexity index is 530. The Hall–Kier alpha value is -1.47. The molecule has 0 atom stereocenters. The summed E-state index contributed by atoms with van der Waals surface area (Å²) in [6, 6.07) is 1.68. The SMILES string of the molecule is O=C(Cn1ccnn1)Nc1cc(Br)cnc1Cl. The molecule has 1 amide bonds. The first-order chi connectivity index (χ1) is 8.15. The van der Waals surface area contributed by atoms with Crippen molar-refractivity contribution >= 4 is 39.1 Å². The van der Waals surface area contributed by atoms with Crippen molar-refractivity contribution in [3.05, 3.63) is 34.3 Å². The van der Waals surface area contributed by atoms with Gasteiger partial charge in [0.25, 0.3) is 0 Å². The van der Waals surface area contributed by atoms with E-state index in [1.165, 1.54) is 10.9 Å². The number of nitrogens with zero attached hydrogens (tertiary/aromatic N) is 4.